The van der Waals surface area contributed by atoms with Crippen molar-refractivity contribution in [3.63, 3.8) is 0 Å². The van der Waals surface area contributed by atoms with Crippen molar-refractivity contribution < 1.29 is 0 Å². The molecule has 0 aliphatic rings. The molecule has 0 aliphatic carbocycles. The van der Waals surface area contributed by atoms with Crippen LogP contribution < -0.4 is 5.73 Å². The summed E-state index contributed by atoms with van der Waals surface area (Å²) in [6.45, 7) is 7.14. The Bertz CT molecular complexity index is 498. The van der Waals surface area contributed by atoms with E-state index < -0.39 is 0 Å². The largest absolute Gasteiger partial charge is 0.329 e. The predicted molar refractivity (Wildman–Crippen MR) is 71.0 cm³/mol. The average molecular weight is 250 g/mol. The lowest BCUT2D eigenvalue weighted by molar-refractivity contribution is 0.684. The maximum atomic E-state index is 5.93. The van der Waals surface area contributed by atoms with Gasteiger partial charge in [0.25, 0.3) is 0 Å². The fourth-order valence-corrected chi connectivity index (χ4v) is 2.90. The van der Waals surface area contributed by atoms with Crippen LogP contribution in [0.25, 0.3) is 10.7 Å². The number of rotatable bonds is 4. The quantitative estimate of drug-likeness (QED) is 0.907. The third kappa shape index (κ3) is 2.40. The molecule has 2 heterocycles. The highest BCUT2D eigenvalue weighted by Crippen LogP contribution is 2.30. The molecule has 4 nitrogen and oxygen atoms in total. The summed E-state index contributed by atoms with van der Waals surface area (Å²) < 4.78 is 2.14. The fourth-order valence-electron chi connectivity index (χ4n) is 1.86. The zero-order valence-electron chi connectivity index (χ0n) is 10.5. The molecule has 2 aromatic rings. The van der Waals surface area contributed by atoms with E-state index in [1.165, 1.54) is 0 Å². The van der Waals surface area contributed by atoms with Crippen LogP contribution in [0.3, 0.4) is 0 Å². The lowest BCUT2D eigenvalue weighted by atomic mass is 10.2. The van der Waals surface area contributed by atoms with Crippen molar-refractivity contribution in [3.05, 3.63) is 23.1 Å². The Morgan fingerprint density at radius 1 is 1.53 bits per heavy atom. The number of nitrogens with two attached hydrogens (primary N) is 1. The predicted octanol–water partition coefficient (Wildman–Crippen LogP) is 2.74. The number of nitrogens with zero attached hydrogens (tertiary/aromatic N) is 3. The van der Waals surface area contributed by atoms with E-state index in [0.717, 1.165) is 34.2 Å². The van der Waals surface area contributed by atoms with Gasteiger partial charge in [0, 0.05) is 17.5 Å². The van der Waals surface area contributed by atoms with Gasteiger partial charge in [-0.2, -0.15) is 0 Å². The summed E-state index contributed by atoms with van der Waals surface area (Å²) >= 11 is 1.67. The SMILES string of the molecule is CCCn1cncc1-c1nc(C)c(C(C)N)s1. The molecular weight excluding hydrogens is 232 g/mol. The molecule has 0 saturated heterocycles. The van der Waals surface area contributed by atoms with E-state index in [-0.39, 0.29) is 6.04 Å². The first-order valence-electron chi connectivity index (χ1n) is 5.87. The number of hydrogen-bond donors (Lipinski definition) is 1. The Morgan fingerprint density at radius 3 is 2.88 bits per heavy atom. The summed E-state index contributed by atoms with van der Waals surface area (Å²) in [5, 5.41) is 1.01. The summed E-state index contributed by atoms with van der Waals surface area (Å²) in [5.74, 6) is 0. The average Bonchev–Trinajstić information content (AvgIpc) is 2.84. The smallest absolute Gasteiger partial charge is 0.142 e. The van der Waals surface area contributed by atoms with Crippen molar-refractivity contribution in [1.82, 2.24) is 14.5 Å². The summed E-state index contributed by atoms with van der Waals surface area (Å²) in [7, 11) is 0. The molecule has 0 aliphatic heterocycles. The molecule has 5 heteroatoms. The van der Waals surface area contributed by atoms with Gasteiger partial charge in [-0.15, -0.1) is 11.3 Å². The van der Waals surface area contributed by atoms with Gasteiger partial charge in [0.15, 0.2) is 0 Å². The molecule has 2 aromatic heterocycles. The first-order valence-corrected chi connectivity index (χ1v) is 6.68. The minimum Gasteiger partial charge on any atom is -0.329 e. The third-order valence-corrected chi connectivity index (χ3v) is 4.02. The second-order valence-corrected chi connectivity index (χ2v) is 5.26. The number of hydrogen-bond acceptors (Lipinski definition) is 4. The lowest BCUT2D eigenvalue weighted by Crippen LogP contribution is -2.03. The van der Waals surface area contributed by atoms with Crippen LogP contribution in [0.2, 0.25) is 0 Å². The van der Waals surface area contributed by atoms with Crippen LogP contribution in [0, 0.1) is 6.92 Å². The normalized spacial score (nSPS) is 12.9. The highest BCUT2D eigenvalue weighted by molar-refractivity contribution is 7.15. The molecule has 0 bridgehead atoms. The molecular formula is C12H18N4S. The van der Waals surface area contributed by atoms with Gasteiger partial charge in [-0.25, -0.2) is 9.97 Å². The zero-order valence-corrected chi connectivity index (χ0v) is 11.3. The first kappa shape index (κ1) is 12.3. The van der Waals surface area contributed by atoms with Gasteiger partial charge >= 0.3 is 0 Å². The van der Waals surface area contributed by atoms with Crippen molar-refractivity contribution in [2.24, 2.45) is 5.73 Å². The minimum absolute atomic E-state index is 0.0452. The molecule has 0 aromatic carbocycles. The number of thiazole rings is 1. The van der Waals surface area contributed by atoms with Gasteiger partial charge in [-0.05, 0) is 20.3 Å². The molecule has 0 spiro atoms. The van der Waals surface area contributed by atoms with E-state index in [2.05, 4.69) is 21.5 Å². The molecule has 1 atom stereocenters. The summed E-state index contributed by atoms with van der Waals surface area (Å²) in [4.78, 5) is 9.95. The third-order valence-electron chi connectivity index (χ3n) is 2.64. The molecule has 0 fully saturated rings. The maximum Gasteiger partial charge on any atom is 0.142 e. The van der Waals surface area contributed by atoms with Crippen LogP contribution in [-0.4, -0.2) is 14.5 Å². The van der Waals surface area contributed by atoms with Gasteiger partial charge in [0.1, 0.15) is 5.01 Å². The van der Waals surface area contributed by atoms with Gasteiger partial charge in [-0.1, -0.05) is 6.92 Å². The monoisotopic (exact) mass is 250 g/mol. The molecule has 0 amide bonds. The molecule has 0 radical (unpaired) electrons. The number of imidazole rings is 1. The second-order valence-electron chi connectivity index (χ2n) is 4.23. The molecule has 2 rings (SSSR count). The van der Waals surface area contributed by atoms with E-state index >= 15 is 0 Å². The van der Waals surface area contributed by atoms with Crippen molar-refractivity contribution in [3.8, 4) is 10.7 Å². The van der Waals surface area contributed by atoms with Crippen molar-refractivity contribution in [2.75, 3.05) is 0 Å². The fraction of sp³-hybridized carbons (Fsp3) is 0.500. The Kier molecular flexibility index (Phi) is 3.59. The van der Waals surface area contributed by atoms with Crippen molar-refractivity contribution in [2.45, 2.75) is 39.8 Å². The van der Waals surface area contributed by atoms with Gasteiger partial charge in [0.2, 0.25) is 0 Å². The van der Waals surface area contributed by atoms with Crippen LogP contribution in [0.1, 0.15) is 36.9 Å². The first-order chi connectivity index (χ1) is 8.13. The lowest BCUT2D eigenvalue weighted by Gasteiger charge is -2.03. The Labute approximate surface area is 106 Å². The molecule has 0 saturated carbocycles. The van der Waals surface area contributed by atoms with Gasteiger partial charge < -0.3 is 10.3 Å². The Balaban J connectivity index is 2.39. The number of aryl methyl sites for hydroxylation is 2. The van der Waals surface area contributed by atoms with Crippen molar-refractivity contribution >= 4 is 11.3 Å². The highest BCUT2D eigenvalue weighted by Gasteiger charge is 2.14. The second kappa shape index (κ2) is 4.98. The highest BCUT2D eigenvalue weighted by atomic mass is 32.1. The van der Waals surface area contributed by atoms with Crippen LogP contribution in [0.15, 0.2) is 12.5 Å². The maximum absolute atomic E-state index is 5.93. The summed E-state index contributed by atoms with van der Waals surface area (Å²) in [6.07, 6.45) is 4.83. The van der Waals surface area contributed by atoms with Crippen LogP contribution in [0.5, 0.6) is 0 Å². The van der Waals surface area contributed by atoms with E-state index in [0.29, 0.717) is 0 Å². The van der Waals surface area contributed by atoms with Gasteiger partial charge in [-0.3, -0.25) is 0 Å². The van der Waals surface area contributed by atoms with E-state index in [9.17, 15) is 0 Å². The van der Waals surface area contributed by atoms with Crippen LogP contribution in [-0.2, 0) is 6.54 Å². The summed E-state index contributed by atoms with van der Waals surface area (Å²) in [5.41, 5.74) is 8.05. The van der Waals surface area contributed by atoms with E-state index in [1.807, 2.05) is 26.4 Å². The molecule has 92 valence electrons. The van der Waals surface area contributed by atoms with Gasteiger partial charge in [0.05, 0.1) is 23.9 Å². The van der Waals surface area contributed by atoms with Crippen molar-refractivity contribution in [1.29, 1.82) is 0 Å². The zero-order chi connectivity index (χ0) is 12.4. The Morgan fingerprint density at radius 2 is 2.29 bits per heavy atom. The molecule has 1 unspecified atom stereocenters. The molecule has 2 N–H and O–H groups in total. The topological polar surface area (TPSA) is 56.7 Å². The number of aromatic nitrogens is 3. The minimum atomic E-state index is 0.0452. The standard InChI is InChI=1S/C12H18N4S/c1-4-5-16-7-14-6-10(16)12-15-9(3)11(17-12)8(2)13/h6-8H,4-5,13H2,1-3H3. The Hall–Kier alpha value is -1.20. The molecule has 17 heavy (non-hydrogen) atoms. The van der Waals surface area contributed by atoms with E-state index in [1.54, 1.807) is 11.3 Å². The van der Waals surface area contributed by atoms with Crippen LogP contribution >= 0.6 is 11.3 Å². The van der Waals surface area contributed by atoms with E-state index in [4.69, 9.17) is 5.73 Å². The summed E-state index contributed by atoms with van der Waals surface area (Å²) in [6, 6.07) is 0.0452. The van der Waals surface area contributed by atoms with Crippen LogP contribution in [0.4, 0.5) is 0 Å².